The molecule has 0 bridgehead atoms. The van der Waals surface area contributed by atoms with Gasteiger partial charge in [0.2, 0.25) is 0 Å². The van der Waals surface area contributed by atoms with Crippen molar-refractivity contribution in [2.24, 2.45) is 0 Å². The van der Waals surface area contributed by atoms with Crippen LogP contribution in [0.5, 0.6) is 0 Å². The number of rotatable bonds is 4. The molecule has 0 aliphatic heterocycles. The van der Waals surface area contributed by atoms with Crippen LogP contribution in [0.1, 0.15) is 0 Å². The summed E-state index contributed by atoms with van der Waals surface area (Å²) in [6, 6.07) is 0. The van der Waals surface area contributed by atoms with Gasteiger partial charge in [-0.1, -0.05) is 12.2 Å². The average Bonchev–Trinajstić information content (AvgIpc) is 1.68. The second-order valence-electron chi connectivity index (χ2n) is 1.61. The van der Waals surface area contributed by atoms with Gasteiger partial charge in [-0.25, -0.2) is 0 Å². The Hall–Kier alpha value is -0.560. The third-order valence-electron chi connectivity index (χ3n) is 0.775. The zero-order chi connectivity index (χ0) is 6.41. The molecule has 0 aliphatic rings. The molecule has 45 valence electrons. The molecule has 0 saturated heterocycles. The van der Waals surface area contributed by atoms with Crippen LogP contribution in [-0.2, 0) is 0 Å². The molecular weight excluding hydrogens is 98.1 g/mol. The molecule has 1 nitrogen and oxygen atoms in total. The molecule has 0 atom stereocenters. The molecule has 0 aliphatic carbocycles. The summed E-state index contributed by atoms with van der Waals surface area (Å²) < 4.78 is 0. The Labute approximate surface area is 51.3 Å². The van der Waals surface area contributed by atoms with E-state index in [9.17, 15) is 0 Å². The van der Waals surface area contributed by atoms with E-state index in [0.29, 0.717) is 0 Å². The van der Waals surface area contributed by atoms with Gasteiger partial charge in [0, 0.05) is 20.1 Å². The number of hydrogen-bond donors (Lipinski definition) is 0. The molecule has 0 N–H and O–H groups in total. The zero-order valence-corrected chi connectivity index (χ0v) is 5.14. The second-order valence-corrected chi connectivity index (χ2v) is 1.61. The van der Waals surface area contributed by atoms with E-state index in [1.807, 2.05) is 17.1 Å². The minimum Gasteiger partial charge on any atom is -0.295 e. The van der Waals surface area contributed by atoms with Crippen molar-refractivity contribution in [1.29, 1.82) is 0 Å². The Morgan fingerprint density at radius 3 is 1.75 bits per heavy atom. The van der Waals surface area contributed by atoms with E-state index in [1.165, 1.54) is 0 Å². The molecule has 0 aromatic heterocycles. The lowest BCUT2D eigenvalue weighted by molar-refractivity contribution is 0.456. The standard InChI is InChI=1S/C7H12N/c1-4-6-8(3)7-5-2/h4-5H,1-3,6-7H2. The molecule has 1 radical (unpaired) electrons. The van der Waals surface area contributed by atoms with Crippen molar-refractivity contribution < 1.29 is 0 Å². The van der Waals surface area contributed by atoms with Gasteiger partial charge in [-0.15, -0.1) is 13.2 Å². The van der Waals surface area contributed by atoms with Gasteiger partial charge in [-0.05, 0) is 0 Å². The highest BCUT2D eigenvalue weighted by Crippen LogP contribution is 1.82. The molecule has 0 aromatic rings. The van der Waals surface area contributed by atoms with E-state index in [-0.39, 0.29) is 0 Å². The van der Waals surface area contributed by atoms with Crippen molar-refractivity contribution in [3.63, 3.8) is 0 Å². The predicted molar refractivity (Wildman–Crippen MR) is 37.3 cm³/mol. The summed E-state index contributed by atoms with van der Waals surface area (Å²) in [5, 5.41) is 0. The van der Waals surface area contributed by atoms with Gasteiger partial charge in [0.05, 0.1) is 0 Å². The molecule has 0 unspecified atom stereocenters. The summed E-state index contributed by atoms with van der Waals surface area (Å²) in [6.45, 7) is 8.78. The molecule has 1 heteroatoms. The minimum atomic E-state index is 0.825. The monoisotopic (exact) mass is 110 g/mol. The van der Waals surface area contributed by atoms with E-state index >= 15 is 0 Å². The molecule has 0 amide bonds. The Morgan fingerprint density at radius 2 is 1.50 bits per heavy atom. The SMILES string of the molecule is [CH2]N(CC=C)CC=C. The predicted octanol–water partition coefficient (Wildman–Crippen LogP) is 1.45. The fraction of sp³-hybridized carbons (Fsp3) is 0.286. The molecular formula is C7H12N. The van der Waals surface area contributed by atoms with Gasteiger partial charge in [0.15, 0.2) is 0 Å². The maximum absolute atomic E-state index is 3.71. The first kappa shape index (κ1) is 7.44. The molecule has 0 saturated carbocycles. The largest absolute Gasteiger partial charge is 0.295 e. The summed E-state index contributed by atoms with van der Waals surface area (Å²) in [4.78, 5) is 1.88. The van der Waals surface area contributed by atoms with Crippen LogP contribution in [0.2, 0.25) is 0 Å². The first-order valence-corrected chi connectivity index (χ1v) is 2.58. The smallest absolute Gasteiger partial charge is 0.0164 e. The van der Waals surface area contributed by atoms with Crippen molar-refractivity contribution in [1.82, 2.24) is 4.90 Å². The summed E-state index contributed by atoms with van der Waals surface area (Å²) in [5.41, 5.74) is 0. The molecule has 0 rings (SSSR count). The van der Waals surface area contributed by atoms with Crippen LogP contribution < -0.4 is 0 Å². The first-order valence-electron chi connectivity index (χ1n) is 2.58. The first-order chi connectivity index (χ1) is 3.81. The molecule has 0 fully saturated rings. The van der Waals surface area contributed by atoms with Gasteiger partial charge < -0.3 is 0 Å². The maximum Gasteiger partial charge on any atom is 0.0164 e. The maximum atomic E-state index is 3.71. The highest BCUT2D eigenvalue weighted by Gasteiger charge is 1.86. The quantitative estimate of drug-likeness (QED) is 0.495. The lowest BCUT2D eigenvalue weighted by atomic mass is 10.5. The normalized spacial score (nSPS) is 9.25. The summed E-state index contributed by atoms with van der Waals surface area (Å²) in [6.07, 6.45) is 3.63. The van der Waals surface area contributed by atoms with E-state index in [2.05, 4.69) is 20.2 Å². The van der Waals surface area contributed by atoms with E-state index in [1.54, 1.807) is 0 Å². The van der Waals surface area contributed by atoms with Crippen molar-refractivity contribution in [2.45, 2.75) is 0 Å². The molecule has 8 heavy (non-hydrogen) atoms. The van der Waals surface area contributed by atoms with Crippen molar-refractivity contribution in [3.05, 3.63) is 32.4 Å². The van der Waals surface area contributed by atoms with Crippen molar-refractivity contribution in [3.8, 4) is 0 Å². The van der Waals surface area contributed by atoms with Crippen molar-refractivity contribution in [2.75, 3.05) is 13.1 Å². The van der Waals surface area contributed by atoms with Gasteiger partial charge in [0.1, 0.15) is 0 Å². The van der Waals surface area contributed by atoms with Crippen LogP contribution >= 0.6 is 0 Å². The highest BCUT2D eigenvalue weighted by atomic mass is 15.1. The molecule has 0 heterocycles. The topological polar surface area (TPSA) is 3.24 Å². The number of hydrogen-bond acceptors (Lipinski definition) is 1. The summed E-state index contributed by atoms with van der Waals surface area (Å²) in [5.74, 6) is 0. The average molecular weight is 110 g/mol. The Bertz CT molecular complexity index is 66.5. The van der Waals surface area contributed by atoms with E-state index < -0.39 is 0 Å². The lowest BCUT2D eigenvalue weighted by Gasteiger charge is -2.08. The van der Waals surface area contributed by atoms with Crippen LogP contribution in [0.15, 0.2) is 25.3 Å². The van der Waals surface area contributed by atoms with Crippen LogP contribution in [0, 0.1) is 7.05 Å². The lowest BCUT2D eigenvalue weighted by Crippen LogP contribution is -2.14. The van der Waals surface area contributed by atoms with E-state index in [4.69, 9.17) is 0 Å². The minimum absolute atomic E-state index is 0.825. The number of nitrogens with zero attached hydrogens (tertiary/aromatic N) is 1. The van der Waals surface area contributed by atoms with Crippen LogP contribution in [0.25, 0.3) is 0 Å². The molecule has 0 spiro atoms. The van der Waals surface area contributed by atoms with Gasteiger partial charge in [-0.3, -0.25) is 4.90 Å². The Kier molecular flexibility index (Phi) is 4.27. The zero-order valence-electron chi connectivity index (χ0n) is 5.14. The third-order valence-corrected chi connectivity index (χ3v) is 0.775. The van der Waals surface area contributed by atoms with Crippen LogP contribution in [-0.4, -0.2) is 18.0 Å². The fourth-order valence-electron chi connectivity index (χ4n) is 0.440. The second kappa shape index (κ2) is 4.60. The Morgan fingerprint density at radius 1 is 1.12 bits per heavy atom. The van der Waals surface area contributed by atoms with Crippen molar-refractivity contribution >= 4 is 0 Å². The Balaban J connectivity index is 3.16. The van der Waals surface area contributed by atoms with Crippen LogP contribution in [0.3, 0.4) is 0 Å². The summed E-state index contributed by atoms with van der Waals surface area (Å²) in [7, 11) is 3.71. The van der Waals surface area contributed by atoms with Gasteiger partial charge in [0.25, 0.3) is 0 Å². The molecule has 0 aromatic carbocycles. The summed E-state index contributed by atoms with van der Waals surface area (Å²) >= 11 is 0. The van der Waals surface area contributed by atoms with Crippen LogP contribution in [0.4, 0.5) is 0 Å². The fourth-order valence-corrected chi connectivity index (χ4v) is 0.440. The highest BCUT2D eigenvalue weighted by molar-refractivity contribution is 4.78. The van der Waals surface area contributed by atoms with Gasteiger partial charge in [-0.2, -0.15) is 0 Å². The van der Waals surface area contributed by atoms with E-state index in [0.717, 1.165) is 13.1 Å². The third kappa shape index (κ3) is 3.62. The van der Waals surface area contributed by atoms with Gasteiger partial charge >= 0.3 is 0 Å².